The molecule has 1 N–H and O–H groups in total. The predicted molar refractivity (Wildman–Crippen MR) is 77.3 cm³/mol. The first-order valence-electron chi connectivity index (χ1n) is 5.64. The van der Waals surface area contributed by atoms with E-state index in [-0.39, 0.29) is 5.02 Å². The van der Waals surface area contributed by atoms with Crippen LogP contribution in [0.4, 0.5) is 18.9 Å². The molecule has 21 heavy (non-hydrogen) atoms. The molecule has 114 valence electrons. The Kier molecular flexibility index (Phi) is 4.85. The quantitative estimate of drug-likeness (QED) is 0.810. The van der Waals surface area contributed by atoms with Crippen molar-refractivity contribution in [2.75, 3.05) is 5.32 Å². The lowest BCUT2D eigenvalue weighted by Gasteiger charge is -2.14. The van der Waals surface area contributed by atoms with Crippen LogP contribution in [0, 0.1) is 6.92 Å². The number of aryl methyl sites for hydroxylation is 1. The summed E-state index contributed by atoms with van der Waals surface area (Å²) in [5, 5.41) is 2.94. The molecule has 2 rings (SSSR count). The van der Waals surface area contributed by atoms with Crippen molar-refractivity contribution in [3.63, 3.8) is 0 Å². The normalized spacial score (nSPS) is 11.5. The zero-order valence-corrected chi connectivity index (χ0v) is 12.9. The van der Waals surface area contributed by atoms with Crippen LogP contribution in [0.2, 0.25) is 9.49 Å². The molecule has 0 aliphatic heterocycles. The molecule has 0 amide bonds. The molecule has 1 aromatic carbocycles. The van der Waals surface area contributed by atoms with E-state index in [2.05, 4.69) is 15.0 Å². The highest BCUT2D eigenvalue weighted by atomic mass is 35.5. The maximum absolute atomic E-state index is 12.2. The zero-order chi connectivity index (χ0) is 15.6. The van der Waals surface area contributed by atoms with Gasteiger partial charge in [0.2, 0.25) is 0 Å². The zero-order valence-electron chi connectivity index (χ0n) is 10.6. The average molecular weight is 357 g/mol. The molecular formula is C12H9Cl2F3N2OS. The van der Waals surface area contributed by atoms with Gasteiger partial charge in [-0.3, -0.25) is 0 Å². The van der Waals surface area contributed by atoms with Gasteiger partial charge in [-0.2, -0.15) is 0 Å². The van der Waals surface area contributed by atoms with Crippen LogP contribution in [0.25, 0.3) is 0 Å². The molecule has 1 aromatic heterocycles. The summed E-state index contributed by atoms with van der Waals surface area (Å²) in [5.41, 5.74) is 1.19. The number of aromatic nitrogens is 1. The summed E-state index contributed by atoms with van der Waals surface area (Å²) in [7, 11) is 0. The van der Waals surface area contributed by atoms with Crippen molar-refractivity contribution in [3.05, 3.63) is 38.3 Å². The third kappa shape index (κ3) is 4.66. The summed E-state index contributed by atoms with van der Waals surface area (Å²) in [5.74, 6) is -0.423. The number of nitrogens with zero attached hydrogens (tertiary/aromatic N) is 1. The van der Waals surface area contributed by atoms with E-state index in [0.29, 0.717) is 22.3 Å². The van der Waals surface area contributed by atoms with Crippen molar-refractivity contribution in [1.82, 2.24) is 4.98 Å². The van der Waals surface area contributed by atoms with Crippen LogP contribution in [0.3, 0.4) is 0 Å². The fraction of sp³-hybridized carbons (Fsp3) is 0.250. The second kappa shape index (κ2) is 6.29. The van der Waals surface area contributed by atoms with E-state index in [1.165, 1.54) is 23.5 Å². The minimum atomic E-state index is -4.77. The van der Waals surface area contributed by atoms with Gasteiger partial charge < -0.3 is 10.1 Å². The maximum Gasteiger partial charge on any atom is 0.573 e. The molecule has 0 aliphatic rings. The molecule has 3 nitrogen and oxygen atoms in total. The summed E-state index contributed by atoms with van der Waals surface area (Å²) in [6.07, 6.45) is -3.15. The summed E-state index contributed by atoms with van der Waals surface area (Å²) in [4.78, 5) is 4.79. The molecule has 0 spiro atoms. The standard InChI is InChI=1S/C12H9Cl2F3N2OS/c1-6-2-10(20-12(15,16)17)8(13)3-9(6)18-4-7-5-19-11(14)21-7/h2-3,5,18H,4H2,1H3. The summed E-state index contributed by atoms with van der Waals surface area (Å²) >= 11 is 12.8. The van der Waals surface area contributed by atoms with Crippen LogP contribution in [-0.2, 0) is 6.54 Å². The Labute approximate surface area is 132 Å². The predicted octanol–water partition coefficient (Wildman–Crippen LogP) is 5.27. The number of halogens is 5. The highest BCUT2D eigenvalue weighted by Gasteiger charge is 2.32. The second-order valence-corrected chi connectivity index (χ2v) is 6.18. The number of benzene rings is 1. The fourth-order valence-electron chi connectivity index (χ4n) is 1.60. The van der Waals surface area contributed by atoms with Gasteiger partial charge in [-0.05, 0) is 24.6 Å². The second-order valence-electron chi connectivity index (χ2n) is 4.08. The lowest BCUT2D eigenvalue weighted by molar-refractivity contribution is -0.274. The number of alkyl halides is 3. The van der Waals surface area contributed by atoms with Gasteiger partial charge >= 0.3 is 6.36 Å². The van der Waals surface area contributed by atoms with E-state index in [1.54, 1.807) is 13.1 Å². The molecule has 1 heterocycles. The lowest BCUT2D eigenvalue weighted by atomic mass is 10.2. The van der Waals surface area contributed by atoms with E-state index in [9.17, 15) is 13.2 Å². The number of rotatable bonds is 4. The average Bonchev–Trinajstić information content (AvgIpc) is 2.76. The number of anilines is 1. The fourth-order valence-corrected chi connectivity index (χ4v) is 2.72. The molecule has 0 unspecified atom stereocenters. The lowest BCUT2D eigenvalue weighted by Crippen LogP contribution is -2.17. The van der Waals surface area contributed by atoms with E-state index >= 15 is 0 Å². The summed E-state index contributed by atoms with van der Waals surface area (Å²) < 4.78 is 40.9. The minimum Gasteiger partial charge on any atom is -0.404 e. The van der Waals surface area contributed by atoms with Gasteiger partial charge in [0, 0.05) is 16.8 Å². The topological polar surface area (TPSA) is 34.1 Å². The Morgan fingerprint density at radius 3 is 2.62 bits per heavy atom. The molecule has 0 fully saturated rings. The van der Waals surface area contributed by atoms with E-state index in [1.807, 2.05) is 0 Å². The van der Waals surface area contributed by atoms with Gasteiger partial charge in [0.15, 0.2) is 4.47 Å². The monoisotopic (exact) mass is 356 g/mol. The molecule has 0 saturated carbocycles. The van der Waals surface area contributed by atoms with Gasteiger partial charge in [-0.15, -0.1) is 24.5 Å². The Hall–Kier alpha value is -1.18. The molecule has 2 aromatic rings. The van der Waals surface area contributed by atoms with Gasteiger partial charge in [-0.25, -0.2) is 4.98 Å². The Bertz CT molecular complexity index is 646. The minimum absolute atomic E-state index is 0.122. The maximum atomic E-state index is 12.2. The molecule has 0 atom stereocenters. The Morgan fingerprint density at radius 1 is 1.33 bits per heavy atom. The van der Waals surface area contributed by atoms with Gasteiger partial charge in [0.05, 0.1) is 11.6 Å². The highest BCUT2D eigenvalue weighted by molar-refractivity contribution is 7.15. The van der Waals surface area contributed by atoms with Gasteiger partial charge in [0.25, 0.3) is 0 Å². The van der Waals surface area contributed by atoms with Crippen LogP contribution >= 0.6 is 34.5 Å². The largest absolute Gasteiger partial charge is 0.573 e. The molecule has 0 bridgehead atoms. The summed E-state index contributed by atoms with van der Waals surface area (Å²) in [6, 6.07) is 2.62. The molecule has 9 heteroatoms. The van der Waals surface area contributed by atoms with E-state index in [4.69, 9.17) is 23.2 Å². The SMILES string of the molecule is Cc1cc(OC(F)(F)F)c(Cl)cc1NCc1cnc(Cl)s1. The number of nitrogens with one attached hydrogen (secondary N) is 1. The van der Waals surface area contributed by atoms with Crippen LogP contribution in [0.1, 0.15) is 10.4 Å². The Morgan fingerprint density at radius 2 is 2.05 bits per heavy atom. The third-order valence-electron chi connectivity index (χ3n) is 2.48. The molecule has 0 radical (unpaired) electrons. The Balaban J connectivity index is 2.12. The molecule has 0 aliphatic carbocycles. The van der Waals surface area contributed by atoms with Gasteiger partial charge in [-0.1, -0.05) is 23.2 Å². The third-order valence-corrected chi connectivity index (χ3v) is 3.89. The van der Waals surface area contributed by atoms with Crippen molar-refractivity contribution >= 4 is 40.2 Å². The van der Waals surface area contributed by atoms with Crippen molar-refractivity contribution in [2.24, 2.45) is 0 Å². The van der Waals surface area contributed by atoms with Gasteiger partial charge in [0.1, 0.15) is 5.75 Å². The molecular weight excluding hydrogens is 348 g/mol. The first-order valence-corrected chi connectivity index (χ1v) is 7.22. The molecule has 0 saturated heterocycles. The smallest absolute Gasteiger partial charge is 0.404 e. The first-order chi connectivity index (χ1) is 9.74. The van der Waals surface area contributed by atoms with Crippen LogP contribution in [-0.4, -0.2) is 11.3 Å². The van der Waals surface area contributed by atoms with Crippen molar-refractivity contribution in [2.45, 2.75) is 19.8 Å². The number of thiazole rings is 1. The first kappa shape index (κ1) is 16.2. The van der Waals surface area contributed by atoms with Crippen molar-refractivity contribution in [3.8, 4) is 5.75 Å². The number of hydrogen-bond donors (Lipinski definition) is 1. The van der Waals surface area contributed by atoms with Crippen LogP contribution < -0.4 is 10.1 Å². The van der Waals surface area contributed by atoms with Crippen LogP contribution in [0.5, 0.6) is 5.75 Å². The number of ether oxygens (including phenoxy) is 1. The van der Waals surface area contributed by atoms with Crippen molar-refractivity contribution in [1.29, 1.82) is 0 Å². The van der Waals surface area contributed by atoms with E-state index in [0.717, 1.165) is 4.88 Å². The number of hydrogen-bond acceptors (Lipinski definition) is 4. The van der Waals surface area contributed by atoms with E-state index < -0.39 is 12.1 Å². The van der Waals surface area contributed by atoms with Crippen molar-refractivity contribution < 1.29 is 17.9 Å². The van der Waals surface area contributed by atoms with Crippen LogP contribution in [0.15, 0.2) is 18.3 Å². The summed E-state index contributed by atoms with van der Waals surface area (Å²) in [6.45, 7) is 2.10. The highest BCUT2D eigenvalue weighted by Crippen LogP contribution is 2.34.